The molecule has 0 saturated carbocycles. The molecule has 15 heavy (non-hydrogen) atoms. The SMILES string of the molecule is Cc1cc[n+](Cc2ccc[n+](C)c2)cc1. The van der Waals surface area contributed by atoms with Crippen LogP contribution in [0.25, 0.3) is 0 Å². The number of hydrogen-bond acceptors (Lipinski definition) is 0. The van der Waals surface area contributed by atoms with E-state index in [9.17, 15) is 0 Å². The Morgan fingerprint density at radius 2 is 1.80 bits per heavy atom. The Kier molecular flexibility index (Phi) is 2.77. The molecule has 0 amide bonds. The maximum Gasteiger partial charge on any atom is 0.179 e. The zero-order chi connectivity index (χ0) is 10.7. The average molecular weight is 200 g/mol. The summed E-state index contributed by atoms with van der Waals surface area (Å²) >= 11 is 0. The van der Waals surface area contributed by atoms with Gasteiger partial charge in [0.05, 0.1) is 5.56 Å². The second kappa shape index (κ2) is 4.22. The molecule has 0 bridgehead atoms. The van der Waals surface area contributed by atoms with Crippen molar-refractivity contribution in [3.63, 3.8) is 0 Å². The van der Waals surface area contributed by atoms with Crippen molar-refractivity contribution in [1.82, 2.24) is 0 Å². The van der Waals surface area contributed by atoms with Crippen molar-refractivity contribution in [2.75, 3.05) is 0 Å². The summed E-state index contributed by atoms with van der Waals surface area (Å²) < 4.78 is 4.26. The van der Waals surface area contributed by atoms with Crippen LogP contribution in [0.4, 0.5) is 0 Å². The van der Waals surface area contributed by atoms with E-state index in [1.54, 1.807) is 0 Å². The molecule has 2 heteroatoms. The van der Waals surface area contributed by atoms with Gasteiger partial charge >= 0.3 is 0 Å². The summed E-state index contributed by atoms with van der Waals surface area (Å²) in [7, 11) is 2.04. The van der Waals surface area contributed by atoms with Crippen LogP contribution >= 0.6 is 0 Å². The van der Waals surface area contributed by atoms with Gasteiger partial charge in [0.1, 0.15) is 7.05 Å². The monoisotopic (exact) mass is 200 g/mol. The predicted molar refractivity (Wildman–Crippen MR) is 58.1 cm³/mol. The molecule has 0 N–H and O–H groups in total. The molecule has 0 aliphatic carbocycles. The van der Waals surface area contributed by atoms with Crippen LogP contribution in [0.1, 0.15) is 11.1 Å². The standard InChI is InChI=1S/C13H16N2/c1-12-5-8-15(9-6-12)11-13-4-3-7-14(2)10-13/h3-10H,11H2,1-2H3/q+2. The molecule has 0 fully saturated rings. The molecule has 0 radical (unpaired) electrons. The van der Waals surface area contributed by atoms with Gasteiger partial charge in [-0.1, -0.05) is 0 Å². The van der Waals surface area contributed by atoms with Crippen LogP contribution in [0.5, 0.6) is 0 Å². The minimum absolute atomic E-state index is 0.926. The maximum absolute atomic E-state index is 2.18. The number of rotatable bonds is 2. The molecule has 2 aromatic rings. The molecule has 0 aromatic carbocycles. The molecule has 0 saturated heterocycles. The van der Waals surface area contributed by atoms with Crippen molar-refractivity contribution >= 4 is 0 Å². The van der Waals surface area contributed by atoms with Gasteiger partial charge in [-0.25, -0.2) is 9.13 Å². The third kappa shape index (κ3) is 2.62. The van der Waals surface area contributed by atoms with E-state index in [1.807, 2.05) is 13.2 Å². The summed E-state index contributed by atoms with van der Waals surface area (Å²) in [5.41, 5.74) is 2.61. The summed E-state index contributed by atoms with van der Waals surface area (Å²) in [5, 5.41) is 0. The third-order valence-corrected chi connectivity index (χ3v) is 2.42. The Balaban J connectivity index is 2.18. The molecule has 0 atom stereocenters. The summed E-state index contributed by atoms with van der Waals surface area (Å²) in [5.74, 6) is 0. The van der Waals surface area contributed by atoms with E-state index < -0.39 is 0 Å². The van der Waals surface area contributed by atoms with Gasteiger partial charge in [0.2, 0.25) is 0 Å². The molecule has 76 valence electrons. The van der Waals surface area contributed by atoms with Crippen molar-refractivity contribution in [2.45, 2.75) is 13.5 Å². The summed E-state index contributed by atoms with van der Waals surface area (Å²) in [6, 6.07) is 8.48. The number of aromatic nitrogens is 2. The fourth-order valence-corrected chi connectivity index (χ4v) is 1.59. The first kappa shape index (κ1) is 9.84. The van der Waals surface area contributed by atoms with Crippen molar-refractivity contribution in [1.29, 1.82) is 0 Å². The Morgan fingerprint density at radius 1 is 1.07 bits per heavy atom. The number of nitrogens with zero attached hydrogens (tertiary/aromatic N) is 2. The molecular formula is C13H16N2+2. The highest BCUT2D eigenvalue weighted by atomic mass is 14.9. The zero-order valence-electron chi connectivity index (χ0n) is 9.22. The smallest absolute Gasteiger partial charge is 0.179 e. The normalized spacial score (nSPS) is 10.3. The van der Waals surface area contributed by atoms with Gasteiger partial charge in [0.15, 0.2) is 31.3 Å². The van der Waals surface area contributed by atoms with E-state index in [0.717, 1.165) is 6.54 Å². The highest BCUT2D eigenvalue weighted by Crippen LogP contribution is 1.95. The molecule has 2 nitrogen and oxygen atoms in total. The minimum atomic E-state index is 0.926. The lowest BCUT2D eigenvalue weighted by Crippen LogP contribution is -2.35. The van der Waals surface area contributed by atoms with Crippen LogP contribution in [0, 0.1) is 6.92 Å². The van der Waals surface area contributed by atoms with Crippen molar-refractivity contribution < 1.29 is 9.13 Å². The molecule has 2 heterocycles. The second-order valence-corrected chi connectivity index (χ2v) is 3.93. The fraction of sp³-hybridized carbons (Fsp3) is 0.231. The lowest BCUT2D eigenvalue weighted by atomic mass is 10.2. The third-order valence-electron chi connectivity index (χ3n) is 2.42. The van der Waals surface area contributed by atoms with Gasteiger partial charge in [0, 0.05) is 18.2 Å². The van der Waals surface area contributed by atoms with Crippen LogP contribution in [0.15, 0.2) is 49.1 Å². The van der Waals surface area contributed by atoms with Crippen molar-refractivity contribution in [3.8, 4) is 0 Å². The zero-order valence-corrected chi connectivity index (χ0v) is 9.22. The lowest BCUT2D eigenvalue weighted by Gasteiger charge is -1.96. The van der Waals surface area contributed by atoms with Crippen molar-refractivity contribution in [2.24, 2.45) is 7.05 Å². The van der Waals surface area contributed by atoms with Gasteiger partial charge in [-0.3, -0.25) is 0 Å². The lowest BCUT2D eigenvalue weighted by molar-refractivity contribution is -0.695. The first-order chi connectivity index (χ1) is 7.24. The van der Waals surface area contributed by atoms with Gasteiger partial charge < -0.3 is 0 Å². The molecule has 0 aliphatic rings. The first-order valence-electron chi connectivity index (χ1n) is 5.14. The second-order valence-electron chi connectivity index (χ2n) is 3.93. The van der Waals surface area contributed by atoms with Gasteiger partial charge in [0.25, 0.3) is 0 Å². The number of pyridine rings is 2. The average Bonchev–Trinajstić information content (AvgIpc) is 2.22. The van der Waals surface area contributed by atoms with Gasteiger partial charge in [-0.2, -0.15) is 0 Å². The first-order valence-corrected chi connectivity index (χ1v) is 5.14. The Hall–Kier alpha value is -1.70. The van der Waals surface area contributed by atoms with E-state index in [-0.39, 0.29) is 0 Å². The topological polar surface area (TPSA) is 7.76 Å². The highest BCUT2D eigenvalue weighted by Gasteiger charge is 2.04. The Labute approximate surface area is 90.4 Å². The van der Waals surface area contributed by atoms with Gasteiger partial charge in [-0.15, -0.1) is 0 Å². The van der Waals surface area contributed by atoms with Crippen molar-refractivity contribution in [3.05, 3.63) is 60.2 Å². The minimum Gasteiger partial charge on any atom is -0.207 e. The van der Waals surface area contributed by atoms with E-state index in [1.165, 1.54) is 11.1 Å². The van der Waals surface area contributed by atoms with E-state index >= 15 is 0 Å². The van der Waals surface area contributed by atoms with Gasteiger partial charge in [-0.05, 0) is 18.6 Å². The summed E-state index contributed by atoms with van der Waals surface area (Å²) in [6.45, 7) is 3.03. The molecule has 0 unspecified atom stereocenters. The molecule has 0 spiro atoms. The van der Waals surface area contributed by atoms with Crippen LogP contribution in [-0.2, 0) is 13.6 Å². The summed E-state index contributed by atoms with van der Waals surface area (Å²) in [4.78, 5) is 0. The number of aryl methyl sites for hydroxylation is 2. The van der Waals surface area contributed by atoms with E-state index in [2.05, 4.69) is 58.9 Å². The van der Waals surface area contributed by atoms with Crippen LogP contribution in [-0.4, -0.2) is 0 Å². The van der Waals surface area contributed by atoms with E-state index in [0.29, 0.717) is 0 Å². The quantitative estimate of drug-likeness (QED) is 0.643. The molecule has 2 rings (SSSR count). The molecular weight excluding hydrogens is 184 g/mol. The summed E-state index contributed by atoms with van der Waals surface area (Å²) in [6.07, 6.45) is 8.42. The maximum atomic E-state index is 2.18. The largest absolute Gasteiger partial charge is 0.207 e. The predicted octanol–water partition coefficient (Wildman–Crippen LogP) is 1.16. The Morgan fingerprint density at radius 3 is 2.47 bits per heavy atom. The van der Waals surface area contributed by atoms with Crippen LogP contribution < -0.4 is 9.13 Å². The Bertz CT molecular complexity index is 446. The van der Waals surface area contributed by atoms with Crippen LogP contribution in [0.3, 0.4) is 0 Å². The van der Waals surface area contributed by atoms with Crippen LogP contribution in [0.2, 0.25) is 0 Å². The fourth-order valence-electron chi connectivity index (χ4n) is 1.59. The highest BCUT2D eigenvalue weighted by molar-refractivity contribution is 5.05. The van der Waals surface area contributed by atoms with E-state index in [4.69, 9.17) is 0 Å². The number of hydrogen-bond donors (Lipinski definition) is 0. The molecule has 2 aromatic heterocycles. The molecule has 0 aliphatic heterocycles.